The van der Waals surface area contributed by atoms with Gasteiger partial charge in [0.1, 0.15) is 5.82 Å². The fraction of sp³-hybridized carbons (Fsp3) is 0.778. The number of aromatic nitrogens is 2. The van der Waals surface area contributed by atoms with Crippen LogP contribution in [0.1, 0.15) is 53.7 Å². The molecule has 1 amide bonds. The van der Waals surface area contributed by atoms with E-state index in [-0.39, 0.29) is 23.5 Å². The molecule has 0 radical (unpaired) electrons. The Kier molecular flexibility index (Phi) is 6.98. The minimum Gasteiger partial charge on any atom is -0.396 e. The van der Waals surface area contributed by atoms with Gasteiger partial charge in [0.2, 0.25) is 5.91 Å². The van der Waals surface area contributed by atoms with Gasteiger partial charge < -0.3 is 10.4 Å². The highest BCUT2D eigenvalue weighted by Crippen LogP contribution is 2.21. The summed E-state index contributed by atoms with van der Waals surface area (Å²) in [6.07, 6.45) is 0.669. The van der Waals surface area contributed by atoms with Crippen LogP contribution in [-0.2, 0) is 10.3 Å². The number of aryl methyl sites for hydroxylation is 1. The molecule has 6 nitrogen and oxygen atoms in total. The van der Waals surface area contributed by atoms with Crippen molar-refractivity contribution in [2.45, 2.75) is 60.4 Å². The average Bonchev–Trinajstić information content (AvgIpc) is 2.74. The van der Waals surface area contributed by atoms with Gasteiger partial charge >= 0.3 is 0 Å². The third kappa shape index (κ3) is 7.01. The number of anilines is 1. The van der Waals surface area contributed by atoms with E-state index in [4.69, 9.17) is 5.11 Å². The first-order chi connectivity index (χ1) is 10.9. The first kappa shape index (κ1) is 20.6. The number of hydrogen-bond donors (Lipinski definition) is 2. The largest absolute Gasteiger partial charge is 0.396 e. The topological polar surface area (TPSA) is 70.4 Å². The molecule has 0 aliphatic heterocycles. The smallest absolute Gasteiger partial charge is 0.239 e. The normalized spacial score (nSPS) is 12.7. The third-order valence-electron chi connectivity index (χ3n) is 3.43. The van der Waals surface area contributed by atoms with Crippen LogP contribution in [0.25, 0.3) is 0 Å². The lowest BCUT2D eigenvalue weighted by atomic mass is 9.96. The van der Waals surface area contributed by atoms with Gasteiger partial charge in [-0.05, 0) is 39.5 Å². The first-order valence-electron chi connectivity index (χ1n) is 8.62. The Morgan fingerprint density at radius 2 is 1.92 bits per heavy atom. The highest BCUT2D eigenvalue weighted by Gasteiger charge is 2.22. The minimum atomic E-state index is -0.196. The van der Waals surface area contributed by atoms with Crippen LogP contribution >= 0.6 is 0 Å². The van der Waals surface area contributed by atoms with Crippen molar-refractivity contribution in [3.05, 3.63) is 11.8 Å². The lowest BCUT2D eigenvalue weighted by Crippen LogP contribution is -2.40. The molecule has 0 bridgehead atoms. The van der Waals surface area contributed by atoms with Gasteiger partial charge in [-0.25, -0.2) is 4.68 Å². The highest BCUT2D eigenvalue weighted by molar-refractivity contribution is 5.91. The number of hydrogen-bond acceptors (Lipinski definition) is 4. The molecule has 0 fully saturated rings. The Balaban J connectivity index is 2.79. The van der Waals surface area contributed by atoms with Crippen molar-refractivity contribution in [1.29, 1.82) is 0 Å². The van der Waals surface area contributed by atoms with Gasteiger partial charge in [0.15, 0.2) is 0 Å². The monoisotopic (exact) mass is 338 g/mol. The summed E-state index contributed by atoms with van der Waals surface area (Å²) in [4.78, 5) is 14.6. The van der Waals surface area contributed by atoms with Crippen molar-refractivity contribution >= 4 is 11.7 Å². The van der Waals surface area contributed by atoms with Gasteiger partial charge in [-0.1, -0.05) is 20.8 Å². The molecule has 0 saturated carbocycles. The van der Waals surface area contributed by atoms with Gasteiger partial charge in [0.25, 0.3) is 0 Å². The number of rotatable bonds is 7. The van der Waals surface area contributed by atoms with Crippen molar-refractivity contribution in [1.82, 2.24) is 14.7 Å². The SMILES string of the molecule is Cc1cc(NC(=O)CN(CCCO)CC(C)(C)C)n(C(C)(C)C)n1. The summed E-state index contributed by atoms with van der Waals surface area (Å²) < 4.78 is 1.85. The fourth-order valence-corrected chi connectivity index (χ4v) is 2.66. The Morgan fingerprint density at radius 3 is 2.42 bits per heavy atom. The number of nitrogens with zero attached hydrogens (tertiary/aromatic N) is 3. The number of aliphatic hydroxyl groups is 1. The number of carbonyl (C=O) groups excluding carboxylic acids is 1. The van der Waals surface area contributed by atoms with Crippen LogP contribution in [0.2, 0.25) is 0 Å². The second kappa shape index (κ2) is 8.12. The van der Waals surface area contributed by atoms with E-state index in [0.717, 1.165) is 18.1 Å². The van der Waals surface area contributed by atoms with Crippen LogP contribution in [0, 0.1) is 12.3 Å². The molecule has 0 atom stereocenters. The summed E-state index contributed by atoms with van der Waals surface area (Å²) in [5.74, 6) is 0.672. The van der Waals surface area contributed by atoms with E-state index in [1.165, 1.54) is 0 Å². The van der Waals surface area contributed by atoms with Crippen molar-refractivity contribution in [2.24, 2.45) is 5.41 Å². The zero-order valence-electron chi connectivity index (χ0n) is 16.3. The lowest BCUT2D eigenvalue weighted by molar-refractivity contribution is -0.117. The zero-order chi connectivity index (χ0) is 18.5. The molecular weight excluding hydrogens is 304 g/mol. The maximum atomic E-state index is 12.5. The van der Waals surface area contributed by atoms with E-state index in [9.17, 15) is 4.79 Å². The van der Waals surface area contributed by atoms with Gasteiger partial charge in [-0.2, -0.15) is 5.10 Å². The summed E-state index contributed by atoms with van der Waals surface area (Å²) >= 11 is 0. The molecule has 1 aromatic heterocycles. The summed E-state index contributed by atoms with van der Waals surface area (Å²) in [7, 11) is 0. The van der Waals surface area contributed by atoms with Gasteiger partial charge in [0, 0.05) is 25.8 Å². The van der Waals surface area contributed by atoms with Crippen LogP contribution in [-0.4, -0.2) is 51.9 Å². The average molecular weight is 338 g/mol. The Bertz CT molecular complexity index is 538. The van der Waals surface area contributed by atoms with E-state index in [0.29, 0.717) is 19.5 Å². The standard InChI is InChI=1S/C18H34N4O2/c1-14-11-15(22(20-14)18(5,6)7)19-16(24)12-21(9-8-10-23)13-17(2,3)4/h11,23H,8-10,12-13H2,1-7H3,(H,19,24). The molecule has 2 N–H and O–H groups in total. The Morgan fingerprint density at radius 1 is 1.29 bits per heavy atom. The van der Waals surface area contributed by atoms with Crippen LogP contribution in [0.4, 0.5) is 5.82 Å². The van der Waals surface area contributed by atoms with Gasteiger partial charge in [0.05, 0.1) is 17.8 Å². The Hall–Kier alpha value is -1.40. The maximum absolute atomic E-state index is 12.5. The van der Waals surface area contributed by atoms with Crippen LogP contribution < -0.4 is 5.32 Å². The molecule has 0 aromatic carbocycles. The molecule has 1 rings (SSSR count). The van der Waals surface area contributed by atoms with Crippen LogP contribution in [0.15, 0.2) is 6.07 Å². The molecule has 6 heteroatoms. The third-order valence-corrected chi connectivity index (χ3v) is 3.43. The summed E-state index contributed by atoms with van der Waals surface area (Å²) in [6.45, 7) is 16.5. The number of amides is 1. The molecular formula is C18H34N4O2. The minimum absolute atomic E-state index is 0.0532. The summed E-state index contributed by atoms with van der Waals surface area (Å²) in [5.41, 5.74) is 0.783. The van der Waals surface area contributed by atoms with Crippen LogP contribution in [0.5, 0.6) is 0 Å². The summed E-state index contributed by atoms with van der Waals surface area (Å²) in [6, 6.07) is 1.89. The van der Waals surface area contributed by atoms with Crippen molar-refractivity contribution in [3.8, 4) is 0 Å². The van der Waals surface area contributed by atoms with Crippen molar-refractivity contribution < 1.29 is 9.90 Å². The predicted octanol–water partition coefficient (Wildman–Crippen LogP) is 2.62. The molecule has 24 heavy (non-hydrogen) atoms. The van der Waals surface area contributed by atoms with E-state index < -0.39 is 0 Å². The van der Waals surface area contributed by atoms with E-state index >= 15 is 0 Å². The Labute approximate surface area is 146 Å². The number of nitrogens with one attached hydrogen (secondary N) is 1. The molecule has 1 aromatic rings. The molecule has 1 heterocycles. The number of aliphatic hydroxyl groups excluding tert-OH is 1. The predicted molar refractivity (Wildman–Crippen MR) is 98.2 cm³/mol. The van der Waals surface area contributed by atoms with E-state index in [1.807, 2.05) is 17.7 Å². The van der Waals surface area contributed by atoms with E-state index in [1.54, 1.807) is 0 Å². The van der Waals surface area contributed by atoms with Gasteiger partial charge in [-0.3, -0.25) is 9.69 Å². The van der Waals surface area contributed by atoms with Crippen molar-refractivity contribution in [3.63, 3.8) is 0 Å². The molecule has 0 unspecified atom stereocenters. The maximum Gasteiger partial charge on any atom is 0.239 e. The van der Waals surface area contributed by atoms with E-state index in [2.05, 4.69) is 56.9 Å². The number of carbonyl (C=O) groups is 1. The zero-order valence-corrected chi connectivity index (χ0v) is 16.3. The second-order valence-electron chi connectivity index (χ2n) is 8.65. The molecule has 138 valence electrons. The van der Waals surface area contributed by atoms with Crippen LogP contribution in [0.3, 0.4) is 0 Å². The molecule has 0 spiro atoms. The molecule has 0 aliphatic rings. The quantitative estimate of drug-likeness (QED) is 0.802. The fourth-order valence-electron chi connectivity index (χ4n) is 2.66. The van der Waals surface area contributed by atoms with Gasteiger partial charge in [-0.15, -0.1) is 0 Å². The lowest BCUT2D eigenvalue weighted by Gasteiger charge is -2.29. The second-order valence-corrected chi connectivity index (χ2v) is 8.65. The summed E-state index contributed by atoms with van der Waals surface area (Å²) in [5, 5.41) is 16.5. The first-order valence-corrected chi connectivity index (χ1v) is 8.62. The molecule has 0 saturated heterocycles. The highest BCUT2D eigenvalue weighted by atomic mass is 16.3. The van der Waals surface area contributed by atoms with Crippen molar-refractivity contribution in [2.75, 3.05) is 31.6 Å². The molecule has 0 aliphatic carbocycles.